The van der Waals surface area contributed by atoms with Gasteiger partial charge in [0.2, 0.25) is 0 Å². The largest absolute Gasteiger partial charge is 0.402 e. The number of nitrogens with zero attached hydrogens (tertiary/aromatic N) is 1. The highest BCUT2D eigenvalue weighted by Gasteiger charge is 2.35. The van der Waals surface area contributed by atoms with Crippen LogP contribution in [0.2, 0.25) is 6.55 Å². The minimum absolute atomic E-state index is 0.797. The van der Waals surface area contributed by atoms with E-state index in [9.17, 15) is 0 Å². The molecule has 0 bridgehead atoms. The second-order valence-electron chi connectivity index (χ2n) is 8.36. The number of likely N-dealkylation sites (N-methyl/N-ethyl adjacent to an activating group) is 1. The number of hydrogen-bond acceptors (Lipinski definition) is 1. The molecule has 0 saturated heterocycles. The highest BCUT2D eigenvalue weighted by Crippen LogP contribution is 2.23. The third-order valence-corrected chi connectivity index (χ3v) is 9.91. The average molecular weight is 389 g/mol. The van der Waals surface area contributed by atoms with Crippen molar-refractivity contribution in [3.63, 3.8) is 0 Å². The fourth-order valence-electron chi connectivity index (χ4n) is 4.34. The molecule has 3 aromatic carbocycles. The fraction of sp³-hybridized carbons (Fsp3) is 0.280. The van der Waals surface area contributed by atoms with E-state index in [0.29, 0.717) is 0 Å². The molecule has 3 heteroatoms. The summed E-state index contributed by atoms with van der Waals surface area (Å²) in [4.78, 5) is 0. The van der Waals surface area contributed by atoms with Crippen molar-refractivity contribution in [3.8, 4) is 0 Å². The molecule has 0 N–H and O–H groups in total. The zero-order valence-corrected chi connectivity index (χ0v) is 18.0. The predicted molar refractivity (Wildman–Crippen MR) is 119 cm³/mol. The van der Waals surface area contributed by atoms with Gasteiger partial charge >= 0.3 is 0 Å². The van der Waals surface area contributed by atoms with E-state index in [1.165, 1.54) is 34.5 Å². The van der Waals surface area contributed by atoms with Crippen LogP contribution in [-0.4, -0.2) is 39.5 Å². The van der Waals surface area contributed by atoms with E-state index in [1.54, 1.807) is 0 Å². The Morgan fingerprint density at radius 2 is 1.32 bits per heavy atom. The van der Waals surface area contributed by atoms with Gasteiger partial charge in [0.15, 0.2) is 0 Å². The van der Waals surface area contributed by atoms with Crippen LogP contribution >= 0.6 is 0 Å². The van der Waals surface area contributed by atoms with Gasteiger partial charge < -0.3 is 8.91 Å². The van der Waals surface area contributed by atoms with Gasteiger partial charge in [-0.2, -0.15) is 0 Å². The van der Waals surface area contributed by atoms with Crippen LogP contribution in [0.3, 0.4) is 0 Å². The summed E-state index contributed by atoms with van der Waals surface area (Å²) >= 11 is 0. The van der Waals surface area contributed by atoms with Crippen LogP contribution in [0.25, 0.3) is 0 Å². The molecule has 1 unspecified atom stereocenters. The lowest BCUT2D eigenvalue weighted by atomic mass is 9.98. The van der Waals surface area contributed by atoms with Crippen molar-refractivity contribution in [2.75, 3.05) is 26.7 Å². The second kappa shape index (κ2) is 8.04. The molecule has 0 saturated carbocycles. The van der Waals surface area contributed by atoms with Gasteiger partial charge in [-0.3, -0.25) is 0 Å². The average Bonchev–Trinajstić information content (AvgIpc) is 2.74. The number of hydrogen-bond donors (Lipinski definition) is 0. The molecule has 144 valence electrons. The molecule has 1 heterocycles. The van der Waals surface area contributed by atoms with Crippen LogP contribution in [-0.2, 0) is 17.4 Å². The molecule has 4 rings (SSSR count). The Bertz CT molecular complexity index is 873. The zero-order valence-electron chi connectivity index (χ0n) is 17.0. The molecule has 1 aliphatic heterocycles. The van der Waals surface area contributed by atoms with E-state index in [-0.39, 0.29) is 0 Å². The van der Waals surface area contributed by atoms with Crippen LogP contribution in [0.1, 0.15) is 11.1 Å². The summed E-state index contributed by atoms with van der Waals surface area (Å²) in [5, 5.41) is 2.68. The Morgan fingerprint density at radius 3 is 1.93 bits per heavy atom. The molecule has 2 nitrogen and oxygen atoms in total. The molecule has 0 fully saturated rings. The van der Waals surface area contributed by atoms with E-state index in [1.807, 2.05) is 0 Å². The zero-order chi connectivity index (χ0) is 19.5. The third-order valence-electron chi connectivity index (χ3n) is 6.26. The van der Waals surface area contributed by atoms with Gasteiger partial charge in [-0.25, -0.2) is 0 Å². The molecular weight excluding hydrogens is 358 g/mol. The topological polar surface area (TPSA) is 9.23 Å². The Hall–Kier alpha value is -2.20. The lowest BCUT2D eigenvalue weighted by Crippen LogP contribution is -2.59. The summed E-state index contributed by atoms with van der Waals surface area (Å²) in [5.74, 6) is 0. The summed E-state index contributed by atoms with van der Waals surface area (Å²) in [6.45, 7) is 6.48. The predicted octanol–water partition coefficient (Wildman–Crippen LogP) is 3.60. The van der Waals surface area contributed by atoms with Gasteiger partial charge in [0.25, 0.3) is 8.32 Å². The van der Waals surface area contributed by atoms with Gasteiger partial charge in [-0.1, -0.05) is 84.9 Å². The van der Waals surface area contributed by atoms with E-state index in [2.05, 4.69) is 98.5 Å². The normalized spacial score (nSPS) is 19.2. The monoisotopic (exact) mass is 388 g/mol. The quantitative estimate of drug-likeness (QED) is 0.463. The van der Waals surface area contributed by atoms with Crippen molar-refractivity contribution in [1.29, 1.82) is 0 Å². The molecule has 0 radical (unpaired) electrons. The van der Waals surface area contributed by atoms with Crippen LogP contribution in [0, 0.1) is 0 Å². The van der Waals surface area contributed by atoms with E-state index in [4.69, 9.17) is 4.43 Å². The summed E-state index contributed by atoms with van der Waals surface area (Å²) in [7, 11) is 0.177. The maximum atomic E-state index is 6.78. The number of benzene rings is 3. The van der Waals surface area contributed by atoms with Crippen LogP contribution in [0.5, 0.6) is 0 Å². The summed E-state index contributed by atoms with van der Waals surface area (Å²) in [5.41, 5.74) is 3.02. The Balaban J connectivity index is 1.50. The molecule has 3 aromatic rings. The lowest BCUT2D eigenvalue weighted by Gasteiger charge is -2.39. The molecule has 1 aliphatic rings. The Kier molecular flexibility index (Phi) is 5.49. The highest BCUT2D eigenvalue weighted by molar-refractivity contribution is 6.96. The van der Waals surface area contributed by atoms with E-state index in [0.717, 1.165) is 24.2 Å². The van der Waals surface area contributed by atoms with Crippen molar-refractivity contribution in [2.45, 2.75) is 19.5 Å². The maximum absolute atomic E-state index is 6.78. The third kappa shape index (κ3) is 3.97. The Morgan fingerprint density at radius 1 is 0.786 bits per heavy atom. The first kappa shape index (κ1) is 19.1. The van der Waals surface area contributed by atoms with Gasteiger partial charge in [0.1, 0.15) is 13.1 Å². The molecule has 1 atom stereocenters. The smallest absolute Gasteiger partial charge is 0.253 e. The lowest BCUT2D eigenvalue weighted by molar-refractivity contribution is -0.924. The minimum Gasteiger partial charge on any atom is -0.402 e. The van der Waals surface area contributed by atoms with Gasteiger partial charge in [0, 0.05) is 12.0 Å². The molecule has 28 heavy (non-hydrogen) atoms. The number of quaternary nitrogens is 1. The van der Waals surface area contributed by atoms with E-state index >= 15 is 0 Å². The molecule has 0 aromatic heterocycles. The van der Waals surface area contributed by atoms with Crippen molar-refractivity contribution < 1.29 is 8.91 Å². The fourth-order valence-corrected chi connectivity index (χ4v) is 7.17. The molecule has 0 aliphatic carbocycles. The van der Waals surface area contributed by atoms with Crippen LogP contribution < -0.4 is 10.4 Å². The summed E-state index contributed by atoms with van der Waals surface area (Å²) < 4.78 is 7.84. The van der Waals surface area contributed by atoms with Crippen molar-refractivity contribution in [3.05, 3.63) is 96.1 Å². The first-order valence-electron chi connectivity index (χ1n) is 10.2. The first-order valence-corrected chi connectivity index (χ1v) is 12.7. The molecule has 0 spiro atoms. The van der Waals surface area contributed by atoms with Crippen molar-refractivity contribution >= 4 is 18.7 Å². The number of fused-ring (bicyclic) bond motifs is 1. The molecular formula is C25H30NOSi+. The van der Waals surface area contributed by atoms with Gasteiger partial charge in [0.05, 0.1) is 20.2 Å². The highest BCUT2D eigenvalue weighted by atomic mass is 28.4. The standard InChI is InChI=1S/C25H30NOSi/c1-26(18-17-22-11-9-10-12-23(22)21-26)19-20-27-28(2,24-13-5-3-6-14-24)25-15-7-4-8-16-25/h3-16H,17-21H2,1-2H3/q+1. The minimum atomic E-state index is -2.20. The number of rotatable bonds is 6. The maximum Gasteiger partial charge on any atom is 0.253 e. The summed E-state index contributed by atoms with van der Waals surface area (Å²) in [6, 6.07) is 30.5. The first-order chi connectivity index (χ1) is 13.6. The van der Waals surface area contributed by atoms with E-state index < -0.39 is 8.32 Å². The van der Waals surface area contributed by atoms with Crippen molar-refractivity contribution in [2.24, 2.45) is 0 Å². The summed E-state index contributed by atoms with van der Waals surface area (Å²) in [6.07, 6.45) is 1.17. The van der Waals surface area contributed by atoms with Crippen LogP contribution in [0.15, 0.2) is 84.9 Å². The SMILES string of the molecule is C[N+]1(CCO[Si](C)(c2ccccc2)c2ccccc2)CCc2ccccc2C1. The van der Waals surface area contributed by atoms with Gasteiger partial charge in [-0.05, 0) is 22.5 Å². The second-order valence-corrected chi connectivity index (χ2v) is 11.9. The molecule has 0 amide bonds. The van der Waals surface area contributed by atoms with Crippen LogP contribution in [0.4, 0.5) is 0 Å². The van der Waals surface area contributed by atoms with Crippen molar-refractivity contribution in [1.82, 2.24) is 0 Å². The Labute approximate surface area is 170 Å². The van der Waals surface area contributed by atoms with Gasteiger partial charge in [-0.15, -0.1) is 0 Å².